The predicted octanol–water partition coefficient (Wildman–Crippen LogP) is 6.60. The van der Waals surface area contributed by atoms with Crippen molar-refractivity contribution in [2.45, 2.75) is 0 Å². The molecule has 0 N–H and O–H groups in total. The first kappa shape index (κ1) is 22.5. The molecule has 0 bridgehead atoms. The fourth-order valence-electron chi connectivity index (χ4n) is 3.26. The summed E-state index contributed by atoms with van der Waals surface area (Å²) < 4.78 is 30.9. The molecular formula is C28H19FO5. The summed E-state index contributed by atoms with van der Waals surface area (Å²) in [5.41, 5.74) is 2.40. The van der Waals surface area contributed by atoms with Crippen molar-refractivity contribution in [2.75, 3.05) is 0 Å². The molecule has 0 aliphatic rings. The minimum absolute atomic E-state index is 0.348. The second-order valence-electron chi connectivity index (χ2n) is 7.16. The highest BCUT2D eigenvalue weighted by Crippen LogP contribution is 2.33. The topological polar surface area (TPSA) is 65.7 Å². The smallest absolute Gasteiger partial charge is 0.335 e. The fraction of sp³-hybridized carbons (Fsp3) is 0. The highest BCUT2D eigenvalue weighted by molar-refractivity contribution is 5.84. The lowest BCUT2D eigenvalue weighted by atomic mass is 10.0. The van der Waals surface area contributed by atoms with Gasteiger partial charge in [0.05, 0.1) is 0 Å². The summed E-state index contributed by atoms with van der Waals surface area (Å²) in [6.07, 6.45) is 2.16. The molecule has 0 fully saturated rings. The standard InChI is InChI=1S/C28H19FO5/c1-3-27(30)32-21-10-5-18(6-11-21)23-14-9-20(17-24(23)29)26-16-15-25(34-26)19-7-12-22(13-8-19)33-28(31)4-2/h3-17H,1-2H2. The minimum Gasteiger partial charge on any atom is -0.456 e. The van der Waals surface area contributed by atoms with Crippen molar-refractivity contribution in [3.63, 3.8) is 0 Å². The van der Waals surface area contributed by atoms with E-state index in [-0.39, 0.29) is 0 Å². The molecule has 0 radical (unpaired) electrons. The van der Waals surface area contributed by atoms with Gasteiger partial charge in [0.15, 0.2) is 0 Å². The van der Waals surface area contributed by atoms with Crippen LogP contribution in [0.25, 0.3) is 33.8 Å². The Hall–Kier alpha value is -4.71. The molecule has 34 heavy (non-hydrogen) atoms. The zero-order chi connectivity index (χ0) is 24.1. The Bertz CT molecular complexity index is 1360. The molecular weight excluding hydrogens is 435 g/mol. The van der Waals surface area contributed by atoms with Crippen LogP contribution in [-0.2, 0) is 9.59 Å². The van der Waals surface area contributed by atoms with E-state index in [1.807, 2.05) is 0 Å². The molecule has 4 rings (SSSR count). The molecule has 0 saturated heterocycles. The van der Waals surface area contributed by atoms with Crippen molar-refractivity contribution >= 4 is 11.9 Å². The van der Waals surface area contributed by atoms with E-state index < -0.39 is 17.8 Å². The van der Waals surface area contributed by atoms with E-state index in [9.17, 15) is 14.0 Å². The minimum atomic E-state index is -0.562. The van der Waals surface area contributed by atoms with Gasteiger partial charge in [-0.05, 0) is 60.2 Å². The second kappa shape index (κ2) is 9.83. The summed E-state index contributed by atoms with van der Waals surface area (Å²) in [6.45, 7) is 6.71. The predicted molar refractivity (Wildman–Crippen MR) is 127 cm³/mol. The SMILES string of the molecule is C=CC(=O)Oc1ccc(-c2ccc(-c3ccc(-c4ccc(OC(=O)C=C)cc4)c(F)c3)o2)cc1. The summed E-state index contributed by atoms with van der Waals surface area (Å²) in [6, 6.07) is 21.7. The Labute approximate surface area is 195 Å². The lowest BCUT2D eigenvalue weighted by Gasteiger charge is -2.07. The van der Waals surface area contributed by atoms with Crippen LogP contribution in [0, 0.1) is 5.82 Å². The molecule has 3 aromatic carbocycles. The summed E-state index contributed by atoms with van der Waals surface area (Å²) in [4.78, 5) is 22.6. The van der Waals surface area contributed by atoms with E-state index in [1.54, 1.807) is 72.8 Å². The number of benzene rings is 3. The van der Waals surface area contributed by atoms with Crippen LogP contribution in [-0.4, -0.2) is 11.9 Å². The van der Waals surface area contributed by atoms with Crippen LogP contribution in [0.2, 0.25) is 0 Å². The van der Waals surface area contributed by atoms with Crippen molar-refractivity contribution in [1.29, 1.82) is 0 Å². The highest BCUT2D eigenvalue weighted by Gasteiger charge is 2.12. The average molecular weight is 454 g/mol. The molecule has 0 unspecified atom stereocenters. The van der Waals surface area contributed by atoms with Crippen LogP contribution >= 0.6 is 0 Å². The average Bonchev–Trinajstić information content (AvgIpc) is 3.35. The first-order valence-electron chi connectivity index (χ1n) is 10.3. The quantitative estimate of drug-likeness (QED) is 0.179. The highest BCUT2D eigenvalue weighted by atomic mass is 19.1. The summed E-state index contributed by atoms with van der Waals surface area (Å²) in [7, 11) is 0. The number of hydrogen-bond donors (Lipinski definition) is 0. The van der Waals surface area contributed by atoms with Gasteiger partial charge < -0.3 is 13.9 Å². The Balaban J connectivity index is 1.51. The van der Waals surface area contributed by atoms with Crippen molar-refractivity contribution in [1.82, 2.24) is 0 Å². The number of carbonyl (C=O) groups excluding carboxylic acids is 2. The number of carbonyl (C=O) groups is 2. The number of halogens is 1. The van der Waals surface area contributed by atoms with Crippen molar-refractivity contribution in [2.24, 2.45) is 0 Å². The van der Waals surface area contributed by atoms with E-state index in [4.69, 9.17) is 13.9 Å². The van der Waals surface area contributed by atoms with Crippen molar-refractivity contribution < 1.29 is 27.9 Å². The molecule has 0 aliphatic heterocycles. The van der Waals surface area contributed by atoms with Gasteiger partial charge in [-0.3, -0.25) is 0 Å². The van der Waals surface area contributed by atoms with E-state index >= 15 is 0 Å². The molecule has 0 aliphatic carbocycles. The molecule has 0 spiro atoms. The van der Waals surface area contributed by atoms with Gasteiger partial charge in [0.2, 0.25) is 0 Å². The molecule has 0 saturated carbocycles. The van der Waals surface area contributed by atoms with Crippen LogP contribution in [0.4, 0.5) is 4.39 Å². The first-order valence-corrected chi connectivity index (χ1v) is 10.3. The van der Waals surface area contributed by atoms with E-state index in [0.717, 1.165) is 17.7 Å². The van der Waals surface area contributed by atoms with E-state index in [0.29, 0.717) is 39.7 Å². The number of ether oxygens (including phenoxy) is 2. The molecule has 1 heterocycles. The Morgan fingerprint density at radius 1 is 0.676 bits per heavy atom. The van der Waals surface area contributed by atoms with Crippen LogP contribution in [0.5, 0.6) is 11.5 Å². The summed E-state index contributed by atoms with van der Waals surface area (Å²) in [5, 5.41) is 0. The van der Waals surface area contributed by atoms with Gasteiger partial charge >= 0.3 is 11.9 Å². The zero-order valence-corrected chi connectivity index (χ0v) is 18.0. The van der Waals surface area contributed by atoms with Crippen molar-refractivity contribution in [3.8, 4) is 45.3 Å². The molecule has 168 valence electrons. The fourth-order valence-corrected chi connectivity index (χ4v) is 3.26. The van der Waals surface area contributed by atoms with Crippen LogP contribution in [0.15, 0.2) is 109 Å². The Kier molecular flexibility index (Phi) is 6.50. The van der Waals surface area contributed by atoms with Gasteiger partial charge in [0.25, 0.3) is 0 Å². The maximum absolute atomic E-state index is 14.9. The van der Waals surface area contributed by atoms with E-state index in [1.165, 1.54) is 6.07 Å². The van der Waals surface area contributed by atoms with Gasteiger partial charge in [0, 0.05) is 28.8 Å². The maximum Gasteiger partial charge on any atom is 0.335 e. The second-order valence-corrected chi connectivity index (χ2v) is 7.16. The molecule has 4 aromatic rings. The lowest BCUT2D eigenvalue weighted by Crippen LogP contribution is -2.02. The third-order valence-corrected chi connectivity index (χ3v) is 4.93. The molecule has 1 aromatic heterocycles. The van der Waals surface area contributed by atoms with Crippen LogP contribution in [0.1, 0.15) is 0 Å². The van der Waals surface area contributed by atoms with Gasteiger partial charge in [0.1, 0.15) is 28.8 Å². The van der Waals surface area contributed by atoms with Gasteiger partial charge in [-0.25, -0.2) is 14.0 Å². The van der Waals surface area contributed by atoms with Gasteiger partial charge in [-0.1, -0.05) is 37.4 Å². The zero-order valence-electron chi connectivity index (χ0n) is 18.0. The molecule has 6 heteroatoms. The third kappa shape index (κ3) is 5.02. The lowest BCUT2D eigenvalue weighted by molar-refractivity contribution is -0.129. The number of rotatable bonds is 7. The summed E-state index contributed by atoms with van der Waals surface area (Å²) >= 11 is 0. The Morgan fingerprint density at radius 2 is 1.15 bits per heavy atom. The van der Waals surface area contributed by atoms with E-state index in [2.05, 4.69) is 13.2 Å². The number of hydrogen-bond acceptors (Lipinski definition) is 5. The normalized spacial score (nSPS) is 10.4. The summed E-state index contributed by atoms with van der Waals surface area (Å²) in [5.74, 6) is 0.323. The first-order chi connectivity index (χ1) is 16.5. The van der Waals surface area contributed by atoms with Crippen molar-refractivity contribution in [3.05, 3.63) is 110 Å². The van der Waals surface area contributed by atoms with Crippen LogP contribution < -0.4 is 9.47 Å². The molecule has 0 atom stereocenters. The Morgan fingerprint density at radius 3 is 1.65 bits per heavy atom. The van der Waals surface area contributed by atoms with Gasteiger partial charge in [-0.15, -0.1) is 0 Å². The maximum atomic E-state index is 14.9. The monoisotopic (exact) mass is 454 g/mol. The number of esters is 2. The van der Waals surface area contributed by atoms with Gasteiger partial charge in [-0.2, -0.15) is 0 Å². The number of furan rings is 1. The molecule has 0 amide bonds. The third-order valence-electron chi connectivity index (χ3n) is 4.93. The van der Waals surface area contributed by atoms with Crippen LogP contribution in [0.3, 0.4) is 0 Å². The molecule has 5 nitrogen and oxygen atoms in total. The largest absolute Gasteiger partial charge is 0.456 e.